The standard InChI is InChI=1S/C17H26N4O2/c1-11-16(12(2)21(4)19-11)17-14(8-15(22)20(17)3)18-9-13-6-5-7-23-10-13/h6,14,17-18H,5,7-10H2,1-4H3/t14-,17-/m1/s1. The number of nitrogens with one attached hydrogen (secondary N) is 1. The molecule has 0 bridgehead atoms. The van der Waals surface area contributed by atoms with E-state index in [9.17, 15) is 4.79 Å². The topological polar surface area (TPSA) is 59.4 Å². The smallest absolute Gasteiger partial charge is 0.224 e. The summed E-state index contributed by atoms with van der Waals surface area (Å²) < 4.78 is 7.39. The summed E-state index contributed by atoms with van der Waals surface area (Å²) in [5.41, 5.74) is 4.58. The maximum absolute atomic E-state index is 12.3. The summed E-state index contributed by atoms with van der Waals surface area (Å²) in [5, 5.41) is 8.10. The van der Waals surface area contributed by atoms with Crippen LogP contribution >= 0.6 is 0 Å². The fourth-order valence-electron chi connectivity index (χ4n) is 3.66. The molecule has 0 saturated carbocycles. The minimum atomic E-state index is 0.0429. The molecule has 1 aromatic rings. The van der Waals surface area contributed by atoms with Crippen LogP contribution in [0.2, 0.25) is 0 Å². The zero-order chi connectivity index (χ0) is 16.6. The maximum atomic E-state index is 12.3. The second-order valence-electron chi connectivity index (χ2n) is 6.55. The predicted molar refractivity (Wildman–Crippen MR) is 88.1 cm³/mol. The second-order valence-corrected chi connectivity index (χ2v) is 6.55. The number of carbonyl (C=O) groups excluding carboxylic acids is 1. The Bertz CT molecular complexity index is 635. The molecule has 3 heterocycles. The van der Waals surface area contributed by atoms with Crippen LogP contribution in [0.3, 0.4) is 0 Å². The van der Waals surface area contributed by atoms with E-state index in [1.165, 1.54) is 11.1 Å². The van der Waals surface area contributed by atoms with Crippen LogP contribution in [0.15, 0.2) is 11.6 Å². The highest BCUT2D eigenvalue weighted by Crippen LogP contribution is 2.35. The average Bonchev–Trinajstić information content (AvgIpc) is 2.95. The lowest BCUT2D eigenvalue weighted by Crippen LogP contribution is -2.37. The van der Waals surface area contributed by atoms with Crippen LogP contribution in [-0.4, -0.2) is 53.4 Å². The third kappa shape index (κ3) is 3.05. The average molecular weight is 318 g/mol. The van der Waals surface area contributed by atoms with Crippen LogP contribution in [0.5, 0.6) is 0 Å². The summed E-state index contributed by atoms with van der Waals surface area (Å²) in [4.78, 5) is 14.1. The van der Waals surface area contributed by atoms with Gasteiger partial charge in [-0.15, -0.1) is 0 Å². The van der Waals surface area contributed by atoms with Crippen molar-refractivity contribution in [1.82, 2.24) is 20.0 Å². The van der Waals surface area contributed by atoms with Crippen LogP contribution in [0.1, 0.15) is 35.8 Å². The van der Waals surface area contributed by atoms with E-state index < -0.39 is 0 Å². The number of ether oxygens (including phenoxy) is 1. The summed E-state index contributed by atoms with van der Waals surface area (Å²) in [6.07, 6.45) is 3.75. The zero-order valence-corrected chi connectivity index (χ0v) is 14.4. The van der Waals surface area contributed by atoms with Crippen LogP contribution < -0.4 is 5.32 Å². The molecule has 2 atom stereocenters. The number of aromatic nitrogens is 2. The normalized spacial score (nSPS) is 25.1. The first-order valence-electron chi connectivity index (χ1n) is 8.23. The molecule has 0 radical (unpaired) electrons. The highest BCUT2D eigenvalue weighted by molar-refractivity contribution is 5.80. The van der Waals surface area contributed by atoms with E-state index in [1.807, 2.05) is 30.6 Å². The number of hydrogen-bond acceptors (Lipinski definition) is 4. The molecule has 0 aromatic carbocycles. The van der Waals surface area contributed by atoms with Gasteiger partial charge >= 0.3 is 0 Å². The number of likely N-dealkylation sites (tertiary alicyclic amines) is 1. The molecule has 1 saturated heterocycles. The van der Waals surface area contributed by atoms with Crippen molar-refractivity contribution in [1.29, 1.82) is 0 Å². The second kappa shape index (κ2) is 6.45. The molecule has 1 amide bonds. The van der Waals surface area contributed by atoms with Crippen molar-refractivity contribution in [3.05, 3.63) is 28.6 Å². The number of amides is 1. The fraction of sp³-hybridized carbons (Fsp3) is 0.647. The zero-order valence-electron chi connectivity index (χ0n) is 14.4. The number of likely N-dealkylation sites (N-methyl/N-ethyl adjacent to an activating group) is 1. The van der Waals surface area contributed by atoms with E-state index in [0.29, 0.717) is 13.0 Å². The van der Waals surface area contributed by atoms with Crippen molar-refractivity contribution < 1.29 is 9.53 Å². The molecule has 3 rings (SSSR count). The van der Waals surface area contributed by atoms with Gasteiger partial charge in [0.2, 0.25) is 5.91 Å². The molecule has 1 aromatic heterocycles. The molecule has 2 aliphatic heterocycles. The molecule has 0 spiro atoms. The minimum absolute atomic E-state index is 0.0429. The Morgan fingerprint density at radius 2 is 2.17 bits per heavy atom. The van der Waals surface area contributed by atoms with Gasteiger partial charge in [-0.2, -0.15) is 5.10 Å². The fourth-order valence-corrected chi connectivity index (χ4v) is 3.66. The highest BCUT2D eigenvalue weighted by Gasteiger charge is 2.40. The van der Waals surface area contributed by atoms with E-state index in [1.54, 1.807) is 0 Å². The minimum Gasteiger partial charge on any atom is -0.377 e. The number of hydrogen-bond donors (Lipinski definition) is 1. The molecule has 126 valence electrons. The Morgan fingerprint density at radius 3 is 2.78 bits per heavy atom. The number of carbonyl (C=O) groups is 1. The monoisotopic (exact) mass is 318 g/mol. The first-order chi connectivity index (χ1) is 11.0. The van der Waals surface area contributed by atoms with E-state index in [0.717, 1.165) is 31.0 Å². The van der Waals surface area contributed by atoms with Crippen molar-refractivity contribution in [2.45, 2.75) is 38.8 Å². The molecule has 1 fully saturated rings. The first kappa shape index (κ1) is 16.2. The third-order valence-electron chi connectivity index (χ3n) is 5.02. The summed E-state index contributed by atoms with van der Waals surface area (Å²) >= 11 is 0. The maximum Gasteiger partial charge on any atom is 0.224 e. The number of rotatable bonds is 4. The van der Waals surface area contributed by atoms with E-state index in [-0.39, 0.29) is 18.0 Å². The molecule has 1 N–H and O–H groups in total. The van der Waals surface area contributed by atoms with Crippen LogP contribution in [0, 0.1) is 13.8 Å². The SMILES string of the molecule is Cc1nn(C)c(C)c1[C@H]1[C@H](NCC2=CCCOC2)CC(=O)N1C. The Morgan fingerprint density at radius 1 is 1.39 bits per heavy atom. The van der Waals surface area contributed by atoms with Gasteiger partial charge in [-0.25, -0.2) is 0 Å². The molecule has 0 aliphatic carbocycles. The van der Waals surface area contributed by atoms with Gasteiger partial charge in [0, 0.05) is 44.4 Å². The summed E-state index contributed by atoms with van der Waals surface area (Å²) in [5.74, 6) is 0.184. The van der Waals surface area contributed by atoms with E-state index in [2.05, 4.69) is 23.4 Å². The molecule has 2 aliphatic rings. The molecule has 0 unspecified atom stereocenters. The largest absolute Gasteiger partial charge is 0.377 e. The third-order valence-corrected chi connectivity index (χ3v) is 5.02. The van der Waals surface area contributed by atoms with Crippen LogP contribution in [0.4, 0.5) is 0 Å². The first-order valence-corrected chi connectivity index (χ1v) is 8.23. The van der Waals surface area contributed by atoms with E-state index >= 15 is 0 Å². The predicted octanol–water partition coefficient (Wildman–Crippen LogP) is 1.25. The van der Waals surface area contributed by atoms with E-state index in [4.69, 9.17) is 4.74 Å². The Balaban J connectivity index is 1.80. The van der Waals surface area contributed by atoms with Gasteiger partial charge in [0.25, 0.3) is 0 Å². The lowest BCUT2D eigenvalue weighted by molar-refractivity contribution is -0.127. The Labute approximate surface area is 137 Å². The van der Waals surface area contributed by atoms with Crippen molar-refractivity contribution in [2.75, 3.05) is 26.8 Å². The van der Waals surface area contributed by atoms with Crippen molar-refractivity contribution in [3.8, 4) is 0 Å². The summed E-state index contributed by atoms with van der Waals surface area (Å²) in [6, 6.07) is 0.151. The van der Waals surface area contributed by atoms with Crippen molar-refractivity contribution >= 4 is 5.91 Å². The molecule has 6 nitrogen and oxygen atoms in total. The van der Waals surface area contributed by atoms with Gasteiger partial charge in [-0.3, -0.25) is 9.48 Å². The van der Waals surface area contributed by atoms with Gasteiger partial charge in [-0.1, -0.05) is 6.08 Å². The Kier molecular flexibility index (Phi) is 4.55. The van der Waals surface area contributed by atoms with Crippen molar-refractivity contribution in [3.63, 3.8) is 0 Å². The van der Waals surface area contributed by atoms with Crippen LogP contribution in [0.25, 0.3) is 0 Å². The van der Waals surface area contributed by atoms with Crippen molar-refractivity contribution in [2.24, 2.45) is 7.05 Å². The van der Waals surface area contributed by atoms with Gasteiger partial charge in [-0.05, 0) is 25.8 Å². The van der Waals surface area contributed by atoms with Gasteiger partial charge in [0.1, 0.15) is 0 Å². The number of aryl methyl sites for hydroxylation is 2. The van der Waals surface area contributed by atoms with Gasteiger partial charge in [0.15, 0.2) is 0 Å². The summed E-state index contributed by atoms with van der Waals surface area (Å²) in [6.45, 7) is 6.37. The molecular formula is C17H26N4O2. The number of nitrogens with zero attached hydrogens (tertiary/aromatic N) is 3. The lowest BCUT2D eigenvalue weighted by Gasteiger charge is -2.27. The molecule has 6 heteroatoms. The quantitative estimate of drug-likeness (QED) is 0.849. The lowest BCUT2D eigenvalue weighted by atomic mass is 9.98. The summed E-state index contributed by atoms with van der Waals surface area (Å²) in [7, 11) is 3.85. The van der Waals surface area contributed by atoms with Gasteiger partial charge < -0.3 is 15.0 Å². The Hall–Kier alpha value is -1.66. The molecule has 23 heavy (non-hydrogen) atoms. The van der Waals surface area contributed by atoms with Crippen LogP contribution in [-0.2, 0) is 16.6 Å². The highest BCUT2D eigenvalue weighted by atomic mass is 16.5. The molecular weight excluding hydrogens is 292 g/mol. The van der Waals surface area contributed by atoms with Gasteiger partial charge in [0.05, 0.1) is 24.9 Å².